The van der Waals surface area contributed by atoms with Crippen LogP contribution in [0.5, 0.6) is 0 Å². The summed E-state index contributed by atoms with van der Waals surface area (Å²) >= 11 is 5.97. The van der Waals surface area contributed by atoms with Crippen LogP contribution in [0.25, 0.3) is 0 Å². The molecule has 0 unspecified atom stereocenters. The number of hydrogen-bond acceptors (Lipinski definition) is 7. The number of hydrogen-bond donors (Lipinski definition) is 8. The summed E-state index contributed by atoms with van der Waals surface area (Å²) in [7, 11) is 0. The largest absolute Gasteiger partial charge is 0.370 e. The number of aliphatic imine (C=N–C) groups is 1. The van der Waals surface area contributed by atoms with Crippen LogP contribution in [0.2, 0.25) is 5.02 Å². The molecule has 0 aliphatic heterocycles. The number of nitrogens with one attached hydrogen (secondary N) is 5. The number of amides is 5. The van der Waals surface area contributed by atoms with Gasteiger partial charge in [0.2, 0.25) is 29.5 Å². The Kier molecular flexibility index (Phi) is 14.4. The number of rotatable bonds is 18. The van der Waals surface area contributed by atoms with Gasteiger partial charge in [0.1, 0.15) is 24.2 Å². The molecule has 0 spiro atoms. The molecule has 3 rings (SSSR count). The van der Waals surface area contributed by atoms with E-state index in [-0.39, 0.29) is 38.2 Å². The molecular weight excluding hydrogens is 640 g/mol. The minimum absolute atomic E-state index is 0.0675. The number of guanidine groups is 1. The Labute approximate surface area is 282 Å². The molecule has 4 atom stereocenters. The van der Waals surface area contributed by atoms with Crippen molar-refractivity contribution < 1.29 is 24.0 Å². The lowest BCUT2D eigenvalue weighted by Gasteiger charge is -2.26. The molecule has 256 valence electrons. The molecule has 11 N–H and O–H groups in total. The zero-order chi connectivity index (χ0) is 35.1. The number of nitrogens with two attached hydrogens (primary N) is 3. The fourth-order valence-corrected chi connectivity index (χ4v) is 4.92. The highest BCUT2D eigenvalue weighted by Crippen LogP contribution is 2.12. The molecule has 5 amide bonds. The summed E-state index contributed by atoms with van der Waals surface area (Å²) < 4.78 is 0. The van der Waals surface area contributed by atoms with Gasteiger partial charge in [0.25, 0.3) is 0 Å². The van der Waals surface area contributed by atoms with Crippen molar-refractivity contribution in [2.45, 2.75) is 63.2 Å². The number of aromatic amines is 1. The summed E-state index contributed by atoms with van der Waals surface area (Å²) in [6, 6.07) is 11.2. The van der Waals surface area contributed by atoms with Crippen molar-refractivity contribution >= 4 is 47.1 Å². The van der Waals surface area contributed by atoms with Crippen molar-refractivity contribution in [3.05, 3.63) is 89.0 Å². The van der Waals surface area contributed by atoms with Gasteiger partial charge >= 0.3 is 0 Å². The van der Waals surface area contributed by atoms with E-state index < -0.39 is 53.7 Å². The zero-order valence-electron chi connectivity index (χ0n) is 26.4. The average Bonchev–Trinajstić information content (AvgIpc) is 3.55. The molecule has 2 aromatic carbocycles. The first-order valence-electron chi connectivity index (χ1n) is 15.2. The van der Waals surface area contributed by atoms with Gasteiger partial charge in [-0.25, -0.2) is 4.98 Å². The van der Waals surface area contributed by atoms with Crippen LogP contribution >= 0.6 is 11.6 Å². The molecule has 0 aliphatic rings. The number of benzene rings is 2. The standard InChI is InChI=1S/C32H41ClN10O5/c1-19(44)40-27(16-23-17-37-18-39-23)31(48)43-26(15-20-6-3-2-4-7-20)30(47)41-24(8-5-13-38-32(35)36)29(46)42-25(28(34)45)14-21-9-11-22(33)12-10-21/h2-4,6-7,9-12,17-18,24-27H,5,8,13-16H2,1H3,(H2,34,45)(H,37,39)(H,40,44)(H,41,47)(H,42,46)(H,43,48)(H4,35,36,38)/t24-,25+,26+,27-/m0/s1. The number of carbonyl (C=O) groups is 5. The maximum atomic E-state index is 13.9. The maximum absolute atomic E-state index is 13.9. The third-order valence-electron chi connectivity index (χ3n) is 7.18. The van der Waals surface area contributed by atoms with E-state index in [0.717, 1.165) is 5.56 Å². The Balaban J connectivity index is 1.84. The van der Waals surface area contributed by atoms with Gasteiger partial charge in [-0.15, -0.1) is 0 Å². The van der Waals surface area contributed by atoms with E-state index in [4.69, 9.17) is 28.8 Å². The summed E-state index contributed by atoms with van der Waals surface area (Å²) in [5, 5.41) is 11.2. The van der Waals surface area contributed by atoms with Crippen LogP contribution in [0.1, 0.15) is 36.6 Å². The molecule has 1 heterocycles. The second kappa shape index (κ2) is 18.6. The highest BCUT2D eigenvalue weighted by molar-refractivity contribution is 6.30. The molecule has 0 aliphatic carbocycles. The lowest BCUT2D eigenvalue weighted by Crippen LogP contribution is -2.59. The number of nitrogens with zero attached hydrogens (tertiary/aromatic N) is 2. The fraction of sp³-hybridized carbons (Fsp3) is 0.344. The third-order valence-corrected chi connectivity index (χ3v) is 7.43. The molecule has 16 heteroatoms. The number of halogens is 1. The Morgan fingerprint density at radius 2 is 1.33 bits per heavy atom. The number of carbonyl (C=O) groups excluding carboxylic acids is 5. The number of imidazole rings is 1. The predicted octanol–water partition coefficient (Wildman–Crippen LogP) is -0.411. The Hall–Kier alpha value is -5.44. The summed E-state index contributed by atoms with van der Waals surface area (Å²) in [6.07, 6.45) is 3.58. The average molecular weight is 681 g/mol. The quantitative estimate of drug-likeness (QED) is 0.0497. The second-order valence-electron chi connectivity index (χ2n) is 11.1. The van der Waals surface area contributed by atoms with Crippen LogP contribution in [0, 0.1) is 0 Å². The van der Waals surface area contributed by atoms with Gasteiger partial charge in [0.15, 0.2) is 5.96 Å². The van der Waals surface area contributed by atoms with E-state index in [9.17, 15) is 24.0 Å². The van der Waals surface area contributed by atoms with Crippen molar-refractivity contribution in [3.63, 3.8) is 0 Å². The van der Waals surface area contributed by atoms with Gasteiger partial charge in [-0.05, 0) is 36.1 Å². The normalized spacial score (nSPS) is 13.2. The van der Waals surface area contributed by atoms with E-state index in [1.807, 2.05) is 6.07 Å². The minimum atomic E-state index is -1.16. The molecule has 3 aromatic rings. The van der Waals surface area contributed by atoms with Gasteiger partial charge in [-0.1, -0.05) is 54.1 Å². The van der Waals surface area contributed by atoms with Crippen LogP contribution in [-0.4, -0.2) is 76.2 Å². The first kappa shape index (κ1) is 37.0. The summed E-state index contributed by atoms with van der Waals surface area (Å²) in [5.41, 5.74) is 18.5. The first-order chi connectivity index (χ1) is 22.9. The second-order valence-corrected chi connectivity index (χ2v) is 11.5. The Bertz CT molecular complexity index is 1550. The maximum Gasteiger partial charge on any atom is 0.243 e. The van der Waals surface area contributed by atoms with Crippen molar-refractivity contribution in [1.82, 2.24) is 31.2 Å². The predicted molar refractivity (Wildman–Crippen MR) is 180 cm³/mol. The third kappa shape index (κ3) is 12.7. The molecule has 0 saturated carbocycles. The molecule has 48 heavy (non-hydrogen) atoms. The number of primary amides is 1. The monoisotopic (exact) mass is 680 g/mol. The van der Waals surface area contributed by atoms with Crippen LogP contribution < -0.4 is 38.5 Å². The van der Waals surface area contributed by atoms with Gasteiger partial charge in [0, 0.05) is 49.6 Å². The van der Waals surface area contributed by atoms with E-state index in [2.05, 4.69) is 36.2 Å². The van der Waals surface area contributed by atoms with Crippen molar-refractivity contribution in [3.8, 4) is 0 Å². The van der Waals surface area contributed by atoms with Crippen molar-refractivity contribution in [2.24, 2.45) is 22.2 Å². The zero-order valence-corrected chi connectivity index (χ0v) is 27.2. The Morgan fingerprint density at radius 3 is 1.92 bits per heavy atom. The van der Waals surface area contributed by atoms with Crippen molar-refractivity contribution in [2.75, 3.05) is 6.54 Å². The SMILES string of the molecule is CC(=O)N[C@@H](Cc1cnc[nH]1)C(=O)N[C@H](Cc1ccccc1)C(=O)N[C@@H](CCCN=C(N)N)C(=O)N[C@H](Cc1ccc(Cl)cc1)C(N)=O. The molecule has 0 bridgehead atoms. The number of aromatic nitrogens is 2. The topological polar surface area (TPSA) is 253 Å². The van der Waals surface area contributed by atoms with E-state index in [0.29, 0.717) is 22.7 Å². The van der Waals surface area contributed by atoms with Gasteiger partial charge in [-0.2, -0.15) is 0 Å². The molecule has 0 radical (unpaired) electrons. The van der Waals surface area contributed by atoms with Crippen LogP contribution in [0.3, 0.4) is 0 Å². The molecular formula is C32H41ClN10O5. The van der Waals surface area contributed by atoms with Gasteiger partial charge < -0.3 is 43.5 Å². The highest BCUT2D eigenvalue weighted by atomic mass is 35.5. The summed E-state index contributed by atoms with van der Waals surface area (Å²) in [4.78, 5) is 76.0. The summed E-state index contributed by atoms with van der Waals surface area (Å²) in [6.45, 7) is 1.45. The fourth-order valence-electron chi connectivity index (χ4n) is 4.80. The lowest BCUT2D eigenvalue weighted by atomic mass is 10.0. The van der Waals surface area contributed by atoms with E-state index in [1.165, 1.54) is 19.4 Å². The van der Waals surface area contributed by atoms with E-state index in [1.54, 1.807) is 48.5 Å². The van der Waals surface area contributed by atoms with Crippen LogP contribution in [-0.2, 0) is 43.2 Å². The van der Waals surface area contributed by atoms with Gasteiger partial charge in [0.05, 0.1) is 6.33 Å². The first-order valence-corrected chi connectivity index (χ1v) is 15.6. The smallest absolute Gasteiger partial charge is 0.243 e. The van der Waals surface area contributed by atoms with E-state index >= 15 is 0 Å². The highest BCUT2D eigenvalue weighted by Gasteiger charge is 2.31. The van der Waals surface area contributed by atoms with Crippen LogP contribution in [0.4, 0.5) is 0 Å². The minimum Gasteiger partial charge on any atom is -0.370 e. The van der Waals surface area contributed by atoms with Crippen molar-refractivity contribution in [1.29, 1.82) is 0 Å². The van der Waals surface area contributed by atoms with Gasteiger partial charge in [-0.3, -0.25) is 29.0 Å². The molecule has 0 saturated heterocycles. The number of H-pyrrole nitrogens is 1. The van der Waals surface area contributed by atoms with Crippen LogP contribution in [0.15, 0.2) is 72.1 Å². The molecule has 1 aromatic heterocycles. The lowest BCUT2D eigenvalue weighted by molar-refractivity contribution is -0.134. The molecule has 0 fully saturated rings. The molecule has 15 nitrogen and oxygen atoms in total. The summed E-state index contributed by atoms with van der Waals surface area (Å²) in [5.74, 6) is -3.33. The Morgan fingerprint density at radius 1 is 0.771 bits per heavy atom.